The van der Waals surface area contributed by atoms with E-state index in [1.807, 2.05) is 19.1 Å². The average molecular weight is 350 g/mol. The van der Waals surface area contributed by atoms with Crippen molar-refractivity contribution in [3.63, 3.8) is 0 Å². The number of nitrogens with zero attached hydrogens (tertiary/aromatic N) is 2. The smallest absolute Gasteiger partial charge is 0.257 e. The van der Waals surface area contributed by atoms with Gasteiger partial charge in [0.05, 0.1) is 30.2 Å². The second-order valence-corrected chi connectivity index (χ2v) is 6.32. The van der Waals surface area contributed by atoms with Crippen LogP contribution in [0.4, 0.5) is 0 Å². The maximum atomic E-state index is 13.1. The Hall–Kier alpha value is -2.79. The van der Waals surface area contributed by atoms with Gasteiger partial charge in [-0.1, -0.05) is 26.2 Å². The Labute approximate surface area is 152 Å². The SMILES string of the molecule is C=Cc1cc2c(nc1C=C)-c1cc(C(C=O)CC)c(COC)c(=O)n1C2. The third kappa shape index (κ3) is 2.74. The Kier molecular flexibility index (Phi) is 5.00. The van der Waals surface area contributed by atoms with E-state index in [1.165, 1.54) is 0 Å². The van der Waals surface area contributed by atoms with Crippen LogP contribution in [0.15, 0.2) is 30.1 Å². The number of carbonyl (C=O) groups excluding carboxylic acids is 1. The van der Waals surface area contributed by atoms with Crippen LogP contribution in [-0.4, -0.2) is 22.9 Å². The molecule has 2 aromatic rings. The number of aromatic nitrogens is 2. The van der Waals surface area contributed by atoms with E-state index in [9.17, 15) is 9.59 Å². The predicted molar refractivity (Wildman–Crippen MR) is 103 cm³/mol. The van der Waals surface area contributed by atoms with Crippen LogP contribution in [-0.2, 0) is 22.7 Å². The molecule has 26 heavy (non-hydrogen) atoms. The highest BCUT2D eigenvalue weighted by molar-refractivity contribution is 5.73. The number of aldehydes is 1. The Morgan fingerprint density at radius 1 is 1.35 bits per heavy atom. The zero-order valence-corrected chi connectivity index (χ0v) is 15.1. The van der Waals surface area contributed by atoms with Gasteiger partial charge in [-0.05, 0) is 35.8 Å². The first-order valence-electron chi connectivity index (χ1n) is 8.59. The molecule has 1 unspecified atom stereocenters. The lowest BCUT2D eigenvalue weighted by Gasteiger charge is -2.16. The highest BCUT2D eigenvalue weighted by Gasteiger charge is 2.27. The first kappa shape index (κ1) is 18.0. The molecule has 3 heterocycles. The first-order chi connectivity index (χ1) is 12.6. The highest BCUT2D eigenvalue weighted by Crippen LogP contribution is 2.34. The van der Waals surface area contributed by atoms with Crippen molar-refractivity contribution in [2.45, 2.75) is 32.4 Å². The molecule has 1 aliphatic rings. The fourth-order valence-corrected chi connectivity index (χ4v) is 3.50. The van der Waals surface area contributed by atoms with E-state index >= 15 is 0 Å². The fourth-order valence-electron chi connectivity index (χ4n) is 3.50. The van der Waals surface area contributed by atoms with Gasteiger partial charge in [-0.15, -0.1) is 0 Å². The second-order valence-electron chi connectivity index (χ2n) is 6.32. The number of hydrogen-bond donors (Lipinski definition) is 0. The summed E-state index contributed by atoms with van der Waals surface area (Å²) in [7, 11) is 1.55. The Morgan fingerprint density at radius 3 is 2.69 bits per heavy atom. The Bertz CT molecular complexity index is 957. The zero-order valence-electron chi connectivity index (χ0n) is 15.1. The largest absolute Gasteiger partial charge is 0.380 e. The Balaban J connectivity index is 2.29. The van der Waals surface area contributed by atoms with Crippen molar-refractivity contribution in [1.29, 1.82) is 0 Å². The van der Waals surface area contributed by atoms with Crippen molar-refractivity contribution in [1.82, 2.24) is 9.55 Å². The van der Waals surface area contributed by atoms with E-state index in [0.717, 1.165) is 40.1 Å². The lowest BCUT2D eigenvalue weighted by Crippen LogP contribution is -2.26. The molecular formula is C21H22N2O3. The van der Waals surface area contributed by atoms with Crippen LogP contribution in [0.3, 0.4) is 0 Å². The number of methoxy groups -OCH3 is 1. The second kappa shape index (κ2) is 7.22. The number of fused-ring (bicyclic) bond motifs is 3. The van der Waals surface area contributed by atoms with Gasteiger partial charge in [0.15, 0.2) is 0 Å². The number of carbonyl (C=O) groups is 1. The van der Waals surface area contributed by atoms with Gasteiger partial charge in [-0.2, -0.15) is 0 Å². The van der Waals surface area contributed by atoms with Gasteiger partial charge in [-0.3, -0.25) is 4.79 Å². The fraction of sp³-hybridized carbons (Fsp3) is 0.286. The molecule has 0 aromatic carbocycles. The maximum Gasteiger partial charge on any atom is 0.257 e. The molecule has 1 aliphatic heterocycles. The normalized spacial score (nSPS) is 13.0. The third-order valence-electron chi connectivity index (χ3n) is 4.87. The molecule has 0 saturated carbocycles. The molecule has 0 N–H and O–H groups in total. The molecule has 0 amide bonds. The standard InChI is InChI=1S/C21H22N2O3/c1-5-13-8-15-10-23-19(20(15)22-18(13)7-3)9-16(14(6-2)11-24)17(12-26-4)21(23)25/h5,7-9,11,14H,1,3,6,10,12H2,2,4H3. The van der Waals surface area contributed by atoms with Crippen LogP contribution in [0.5, 0.6) is 0 Å². The molecule has 5 nitrogen and oxygen atoms in total. The molecule has 134 valence electrons. The minimum atomic E-state index is -0.339. The van der Waals surface area contributed by atoms with Crippen LogP contribution < -0.4 is 5.56 Å². The van der Waals surface area contributed by atoms with E-state index in [-0.39, 0.29) is 18.1 Å². The van der Waals surface area contributed by atoms with E-state index < -0.39 is 0 Å². The van der Waals surface area contributed by atoms with E-state index in [2.05, 4.69) is 18.1 Å². The molecular weight excluding hydrogens is 328 g/mol. The predicted octanol–water partition coefficient (Wildman–Crippen LogP) is 3.40. The quantitative estimate of drug-likeness (QED) is 0.613. The summed E-state index contributed by atoms with van der Waals surface area (Å²) in [6, 6.07) is 3.91. The van der Waals surface area contributed by atoms with E-state index in [0.29, 0.717) is 18.5 Å². The van der Waals surface area contributed by atoms with Crippen molar-refractivity contribution in [3.8, 4) is 11.4 Å². The summed E-state index contributed by atoms with van der Waals surface area (Å²) in [4.78, 5) is 29.3. The van der Waals surface area contributed by atoms with Gasteiger partial charge in [0.1, 0.15) is 6.29 Å². The molecule has 0 aliphatic carbocycles. The van der Waals surface area contributed by atoms with Crippen LogP contribution in [0.1, 0.15) is 47.2 Å². The summed E-state index contributed by atoms with van der Waals surface area (Å²) in [5, 5.41) is 0. The van der Waals surface area contributed by atoms with Gasteiger partial charge in [0.2, 0.25) is 0 Å². The molecule has 2 aromatic heterocycles. The highest BCUT2D eigenvalue weighted by atomic mass is 16.5. The van der Waals surface area contributed by atoms with E-state index in [1.54, 1.807) is 23.8 Å². The summed E-state index contributed by atoms with van der Waals surface area (Å²) in [6.45, 7) is 10.2. The summed E-state index contributed by atoms with van der Waals surface area (Å²) in [5.41, 5.74) is 5.20. The lowest BCUT2D eigenvalue weighted by atomic mass is 9.93. The molecule has 3 rings (SSSR count). The molecule has 0 saturated heterocycles. The summed E-state index contributed by atoms with van der Waals surface area (Å²) in [6.07, 6.45) is 4.93. The van der Waals surface area contributed by atoms with Crippen LogP contribution in [0.2, 0.25) is 0 Å². The minimum absolute atomic E-state index is 0.127. The summed E-state index contributed by atoms with van der Waals surface area (Å²) >= 11 is 0. The zero-order chi connectivity index (χ0) is 18.8. The van der Waals surface area contributed by atoms with Crippen LogP contribution in [0, 0.1) is 0 Å². The summed E-state index contributed by atoms with van der Waals surface area (Å²) < 4.78 is 6.93. The molecule has 0 fully saturated rings. The number of pyridine rings is 2. The van der Waals surface area contributed by atoms with Crippen LogP contribution in [0.25, 0.3) is 23.5 Å². The van der Waals surface area contributed by atoms with Gasteiger partial charge in [0.25, 0.3) is 5.56 Å². The monoisotopic (exact) mass is 350 g/mol. The molecule has 1 atom stereocenters. The molecule has 0 spiro atoms. The van der Waals surface area contributed by atoms with Gasteiger partial charge >= 0.3 is 0 Å². The summed E-state index contributed by atoms with van der Waals surface area (Å²) in [5.74, 6) is -0.339. The van der Waals surface area contributed by atoms with E-state index in [4.69, 9.17) is 4.74 Å². The molecule has 0 radical (unpaired) electrons. The van der Waals surface area contributed by atoms with Crippen molar-refractivity contribution >= 4 is 18.4 Å². The van der Waals surface area contributed by atoms with Crippen molar-refractivity contribution in [3.05, 3.63) is 63.6 Å². The molecule has 0 bridgehead atoms. The van der Waals surface area contributed by atoms with Gasteiger partial charge in [-0.25, -0.2) is 4.98 Å². The molecule has 5 heteroatoms. The van der Waals surface area contributed by atoms with Gasteiger partial charge in [0, 0.05) is 24.2 Å². The maximum absolute atomic E-state index is 13.1. The topological polar surface area (TPSA) is 61.2 Å². The average Bonchev–Trinajstić information content (AvgIpc) is 3.02. The number of rotatable bonds is 7. The number of hydrogen-bond acceptors (Lipinski definition) is 4. The van der Waals surface area contributed by atoms with Crippen LogP contribution >= 0.6 is 0 Å². The number of ether oxygens (including phenoxy) is 1. The first-order valence-corrected chi connectivity index (χ1v) is 8.59. The Morgan fingerprint density at radius 2 is 2.12 bits per heavy atom. The minimum Gasteiger partial charge on any atom is -0.380 e. The van der Waals surface area contributed by atoms with Crippen molar-refractivity contribution in [2.75, 3.05) is 7.11 Å². The third-order valence-corrected chi connectivity index (χ3v) is 4.87. The van der Waals surface area contributed by atoms with Crippen molar-refractivity contribution in [2.24, 2.45) is 0 Å². The lowest BCUT2D eigenvalue weighted by molar-refractivity contribution is -0.109. The van der Waals surface area contributed by atoms with Crippen molar-refractivity contribution < 1.29 is 9.53 Å². The van der Waals surface area contributed by atoms with Gasteiger partial charge < -0.3 is 14.1 Å².